The number of halogens is 1. The van der Waals surface area contributed by atoms with Gasteiger partial charge in [0.25, 0.3) is 0 Å². The van der Waals surface area contributed by atoms with E-state index in [9.17, 15) is 8.42 Å². The van der Waals surface area contributed by atoms with E-state index < -0.39 is 15.3 Å². The number of hydrogen-bond acceptors (Lipinski definition) is 2. The molecule has 1 aliphatic rings. The molecule has 2 atom stereocenters. The molecule has 1 fully saturated rings. The average molecular weight is 198 g/mol. The van der Waals surface area contributed by atoms with Crippen LogP contribution in [0.3, 0.4) is 0 Å². The highest BCUT2D eigenvalue weighted by molar-refractivity contribution is 7.89. The van der Waals surface area contributed by atoms with E-state index in [0.717, 1.165) is 19.3 Å². The molecule has 0 aromatic carbocycles. The standard InChI is InChI=1S/C6H12ClNO2S/c7-5-3-1-2-4-6(5)11(8,9)10/h5-6H,1-4H2,(H2,8,9,10). The zero-order valence-electron chi connectivity index (χ0n) is 6.16. The predicted molar refractivity (Wildman–Crippen MR) is 45.0 cm³/mol. The Balaban J connectivity index is 2.70. The van der Waals surface area contributed by atoms with Crippen molar-refractivity contribution in [2.45, 2.75) is 36.3 Å². The van der Waals surface area contributed by atoms with E-state index >= 15 is 0 Å². The lowest BCUT2D eigenvalue weighted by molar-refractivity contribution is 0.490. The van der Waals surface area contributed by atoms with Crippen LogP contribution in [-0.2, 0) is 10.0 Å². The Hall–Kier alpha value is 0.200. The molecule has 0 radical (unpaired) electrons. The van der Waals surface area contributed by atoms with Crippen LogP contribution in [0.5, 0.6) is 0 Å². The van der Waals surface area contributed by atoms with E-state index in [0.29, 0.717) is 6.42 Å². The number of alkyl halides is 1. The summed E-state index contributed by atoms with van der Waals surface area (Å²) < 4.78 is 21.8. The molecule has 0 spiro atoms. The third-order valence-corrected chi connectivity index (χ3v) is 4.12. The van der Waals surface area contributed by atoms with Gasteiger partial charge in [0, 0.05) is 0 Å². The van der Waals surface area contributed by atoms with Gasteiger partial charge in [-0.3, -0.25) is 0 Å². The Morgan fingerprint density at radius 3 is 2.18 bits per heavy atom. The number of sulfonamides is 1. The van der Waals surface area contributed by atoms with Crippen molar-refractivity contribution >= 4 is 21.6 Å². The Labute approximate surface area is 72.0 Å². The van der Waals surface area contributed by atoms with Gasteiger partial charge in [-0.25, -0.2) is 13.6 Å². The van der Waals surface area contributed by atoms with Crippen LogP contribution >= 0.6 is 11.6 Å². The summed E-state index contributed by atoms with van der Waals surface area (Å²) in [5.74, 6) is 0. The minimum atomic E-state index is -3.41. The molecular formula is C6H12ClNO2S. The quantitative estimate of drug-likeness (QED) is 0.633. The maximum absolute atomic E-state index is 10.9. The van der Waals surface area contributed by atoms with Gasteiger partial charge in [0.2, 0.25) is 10.0 Å². The largest absolute Gasteiger partial charge is 0.228 e. The fraction of sp³-hybridized carbons (Fsp3) is 1.00. The molecule has 0 amide bonds. The summed E-state index contributed by atoms with van der Waals surface area (Å²) in [6, 6.07) is 0. The maximum Gasteiger partial charge on any atom is 0.213 e. The molecule has 66 valence electrons. The van der Waals surface area contributed by atoms with E-state index in [-0.39, 0.29) is 5.38 Å². The Morgan fingerprint density at radius 1 is 1.27 bits per heavy atom. The second-order valence-electron chi connectivity index (χ2n) is 2.93. The molecule has 0 saturated heterocycles. The van der Waals surface area contributed by atoms with Crippen molar-refractivity contribution in [3.05, 3.63) is 0 Å². The van der Waals surface area contributed by atoms with Crippen LogP contribution in [-0.4, -0.2) is 19.0 Å². The molecule has 11 heavy (non-hydrogen) atoms. The van der Waals surface area contributed by atoms with Gasteiger partial charge in [-0.2, -0.15) is 0 Å². The molecule has 5 heteroatoms. The molecule has 1 saturated carbocycles. The van der Waals surface area contributed by atoms with Gasteiger partial charge in [0.1, 0.15) is 0 Å². The topological polar surface area (TPSA) is 60.2 Å². The van der Waals surface area contributed by atoms with Crippen molar-refractivity contribution in [3.8, 4) is 0 Å². The van der Waals surface area contributed by atoms with Crippen LogP contribution < -0.4 is 5.14 Å². The summed E-state index contributed by atoms with van der Waals surface area (Å²) in [4.78, 5) is 0. The molecule has 0 aromatic heterocycles. The average Bonchev–Trinajstić information content (AvgIpc) is 1.86. The van der Waals surface area contributed by atoms with Crippen molar-refractivity contribution in [2.75, 3.05) is 0 Å². The smallest absolute Gasteiger partial charge is 0.213 e. The minimum Gasteiger partial charge on any atom is -0.228 e. The van der Waals surface area contributed by atoms with Crippen LogP contribution in [0.4, 0.5) is 0 Å². The number of primary sulfonamides is 1. The molecule has 0 bridgehead atoms. The van der Waals surface area contributed by atoms with Crippen LogP contribution in [0.1, 0.15) is 25.7 Å². The predicted octanol–water partition coefficient (Wildman–Crippen LogP) is 0.825. The highest BCUT2D eigenvalue weighted by atomic mass is 35.5. The van der Waals surface area contributed by atoms with E-state index in [1.165, 1.54) is 0 Å². The number of nitrogens with two attached hydrogens (primary N) is 1. The van der Waals surface area contributed by atoms with Gasteiger partial charge < -0.3 is 0 Å². The monoisotopic (exact) mass is 197 g/mol. The normalized spacial score (nSPS) is 33.6. The second-order valence-corrected chi connectivity index (χ2v) is 5.27. The first-order chi connectivity index (χ1) is 5.02. The van der Waals surface area contributed by atoms with Gasteiger partial charge in [-0.05, 0) is 12.8 Å². The molecule has 1 rings (SSSR count). The van der Waals surface area contributed by atoms with Crippen LogP contribution in [0.15, 0.2) is 0 Å². The third kappa shape index (κ3) is 2.32. The second kappa shape index (κ2) is 3.29. The number of hydrogen-bond donors (Lipinski definition) is 1. The highest BCUT2D eigenvalue weighted by Crippen LogP contribution is 2.26. The minimum absolute atomic E-state index is 0.279. The number of rotatable bonds is 1. The van der Waals surface area contributed by atoms with E-state index in [1.807, 2.05) is 0 Å². The molecule has 0 aromatic rings. The molecule has 0 aliphatic heterocycles. The van der Waals surface area contributed by atoms with E-state index in [4.69, 9.17) is 16.7 Å². The Morgan fingerprint density at radius 2 is 1.82 bits per heavy atom. The fourth-order valence-corrected chi connectivity index (χ4v) is 3.18. The fourth-order valence-electron chi connectivity index (χ4n) is 1.42. The Bertz CT molecular complexity index is 227. The van der Waals surface area contributed by atoms with Gasteiger partial charge >= 0.3 is 0 Å². The molecule has 0 heterocycles. The summed E-state index contributed by atoms with van der Waals surface area (Å²) in [6.07, 6.45) is 3.32. The Kier molecular flexibility index (Phi) is 2.78. The first kappa shape index (κ1) is 9.29. The summed E-state index contributed by atoms with van der Waals surface area (Å²) in [6.45, 7) is 0. The van der Waals surface area contributed by atoms with Gasteiger partial charge in [-0.1, -0.05) is 12.8 Å². The molecule has 2 N–H and O–H groups in total. The van der Waals surface area contributed by atoms with Crippen molar-refractivity contribution in [3.63, 3.8) is 0 Å². The summed E-state index contributed by atoms with van der Waals surface area (Å²) >= 11 is 5.81. The third-order valence-electron chi connectivity index (χ3n) is 2.04. The lowest BCUT2D eigenvalue weighted by atomic mass is 10.00. The first-order valence-corrected chi connectivity index (χ1v) is 5.72. The lowest BCUT2D eigenvalue weighted by Crippen LogP contribution is -2.37. The van der Waals surface area contributed by atoms with Crippen molar-refractivity contribution in [2.24, 2.45) is 5.14 Å². The van der Waals surface area contributed by atoms with Gasteiger partial charge in [0.05, 0.1) is 10.6 Å². The van der Waals surface area contributed by atoms with Gasteiger partial charge in [-0.15, -0.1) is 11.6 Å². The van der Waals surface area contributed by atoms with Crippen LogP contribution in [0.25, 0.3) is 0 Å². The van der Waals surface area contributed by atoms with Crippen molar-refractivity contribution < 1.29 is 8.42 Å². The molecular weight excluding hydrogens is 186 g/mol. The lowest BCUT2D eigenvalue weighted by Gasteiger charge is -2.24. The van der Waals surface area contributed by atoms with E-state index in [2.05, 4.69) is 0 Å². The highest BCUT2D eigenvalue weighted by Gasteiger charge is 2.31. The molecule has 3 nitrogen and oxygen atoms in total. The van der Waals surface area contributed by atoms with Crippen LogP contribution in [0.2, 0.25) is 0 Å². The van der Waals surface area contributed by atoms with E-state index in [1.54, 1.807) is 0 Å². The zero-order valence-corrected chi connectivity index (χ0v) is 7.74. The first-order valence-electron chi connectivity index (χ1n) is 3.67. The summed E-state index contributed by atoms with van der Waals surface area (Å²) in [5.41, 5.74) is 0. The SMILES string of the molecule is NS(=O)(=O)C1CCCCC1Cl. The summed E-state index contributed by atoms with van der Waals surface area (Å²) in [5, 5.41) is 4.19. The maximum atomic E-state index is 10.9. The molecule has 2 unspecified atom stereocenters. The van der Waals surface area contributed by atoms with Crippen LogP contribution in [0, 0.1) is 0 Å². The molecule has 1 aliphatic carbocycles. The summed E-state index contributed by atoms with van der Waals surface area (Å²) in [7, 11) is -3.41. The van der Waals surface area contributed by atoms with Crippen molar-refractivity contribution in [1.82, 2.24) is 0 Å². The van der Waals surface area contributed by atoms with Gasteiger partial charge in [0.15, 0.2) is 0 Å². The van der Waals surface area contributed by atoms with Crippen molar-refractivity contribution in [1.29, 1.82) is 0 Å². The zero-order chi connectivity index (χ0) is 8.48.